The van der Waals surface area contributed by atoms with E-state index in [1.807, 2.05) is 17.7 Å². The monoisotopic (exact) mass is 258 g/mol. The fourth-order valence-electron chi connectivity index (χ4n) is 1.27. The Bertz CT molecular complexity index is 301. The summed E-state index contributed by atoms with van der Waals surface area (Å²) in [5, 5.41) is 4.91. The summed E-state index contributed by atoms with van der Waals surface area (Å²) in [7, 11) is 0. The van der Waals surface area contributed by atoms with Gasteiger partial charge in [0.25, 0.3) is 0 Å². The lowest BCUT2D eigenvalue weighted by Crippen LogP contribution is -2.41. The molecule has 90 valence electrons. The molecule has 0 aromatic carbocycles. The first kappa shape index (κ1) is 13.5. The Morgan fingerprint density at radius 2 is 2.50 bits per heavy atom. The molecule has 0 saturated carbocycles. The average molecular weight is 258 g/mol. The summed E-state index contributed by atoms with van der Waals surface area (Å²) >= 11 is 3.42. The molecule has 0 bridgehead atoms. The van der Waals surface area contributed by atoms with Crippen molar-refractivity contribution in [3.05, 3.63) is 22.4 Å². The van der Waals surface area contributed by atoms with Crippen LogP contribution < -0.4 is 11.1 Å². The number of nitrogens with two attached hydrogens (primary N) is 1. The van der Waals surface area contributed by atoms with Crippen molar-refractivity contribution in [3.63, 3.8) is 0 Å². The molecule has 5 heteroatoms. The molecule has 3 nitrogen and oxygen atoms in total. The van der Waals surface area contributed by atoms with Crippen LogP contribution in [0.2, 0.25) is 0 Å². The highest BCUT2D eigenvalue weighted by Gasteiger charge is 2.11. The largest absolute Gasteiger partial charge is 0.354 e. The van der Waals surface area contributed by atoms with Gasteiger partial charge in [-0.1, -0.05) is 6.07 Å². The van der Waals surface area contributed by atoms with Crippen LogP contribution in [0, 0.1) is 0 Å². The lowest BCUT2D eigenvalue weighted by atomic mass is 10.2. The van der Waals surface area contributed by atoms with Crippen LogP contribution in [0.5, 0.6) is 0 Å². The summed E-state index contributed by atoms with van der Waals surface area (Å²) in [4.78, 5) is 12.8. The Hall–Kier alpha value is -0.520. The third-order valence-electron chi connectivity index (χ3n) is 2.22. The van der Waals surface area contributed by atoms with Crippen LogP contribution in [-0.2, 0) is 11.2 Å². The minimum Gasteiger partial charge on any atom is -0.354 e. The smallest absolute Gasteiger partial charge is 0.236 e. The molecular formula is C11H18N2OS2. The predicted octanol–water partition coefficient (Wildman–Crippen LogP) is 1.49. The van der Waals surface area contributed by atoms with E-state index in [0.29, 0.717) is 6.54 Å². The molecule has 0 aliphatic heterocycles. The van der Waals surface area contributed by atoms with E-state index in [2.05, 4.69) is 11.4 Å². The molecule has 0 spiro atoms. The van der Waals surface area contributed by atoms with E-state index in [4.69, 9.17) is 5.73 Å². The van der Waals surface area contributed by atoms with Gasteiger partial charge >= 0.3 is 0 Å². The minimum absolute atomic E-state index is 0.0365. The fraction of sp³-hybridized carbons (Fsp3) is 0.545. The SMILES string of the molecule is CSCC[C@H](N)C(=O)NCCc1cccs1. The molecule has 1 rings (SSSR count). The standard InChI is InChI=1S/C11H18N2OS2/c1-15-8-5-10(12)11(14)13-6-4-9-3-2-7-16-9/h2-3,7,10H,4-6,8,12H2,1H3,(H,13,14)/t10-/m0/s1. The second kappa shape index (κ2) is 7.70. The minimum atomic E-state index is -0.365. The van der Waals surface area contributed by atoms with Crippen LogP contribution in [0.4, 0.5) is 0 Å². The summed E-state index contributed by atoms with van der Waals surface area (Å²) in [5.74, 6) is 0.894. The molecule has 1 atom stereocenters. The van der Waals surface area contributed by atoms with Crippen molar-refractivity contribution in [2.24, 2.45) is 5.73 Å². The van der Waals surface area contributed by atoms with Gasteiger partial charge in [-0.3, -0.25) is 4.79 Å². The molecule has 1 aromatic heterocycles. The molecule has 0 fully saturated rings. The molecule has 0 unspecified atom stereocenters. The highest BCUT2D eigenvalue weighted by Crippen LogP contribution is 2.08. The number of hydrogen-bond acceptors (Lipinski definition) is 4. The zero-order valence-electron chi connectivity index (χ0n) is 9.44. The van der Waals surface area contributed by atoms with E-state index in [1.165, 1.54) is 4.88 Å². The summed E-state index contributed by atoms with van der Waals surface area (Å²) in [6.07, 6.45) is 3.64. The van der Waals surface area contributed by atoms with Crippen LogP contribution in [-0.4, -0.2) is 30.5 Å². The number of thioether (sulfide) groups is 1. The molecule has 0 radical (unpaired) electrons. The van der Waals surface area contributed by atoms with Crippen molar-refractivity contribution < 1.29 is 4.79 Å². The van der Waals surface area contributed by atoms with Gasteiger partial charge in [0.1, 0.15) is 0 Å². The maximum atomic E-state index is 11.5. The second-order valence-electron chi connectivity index (χ2n) is 3.51. The van der Waals surface area contributed by atoms with Gasteiger partial charge in [-0.15, -0.1) is 11.3 Å². The molecule has 3 N–H and O–H groups in total. The Balaban J connectivity index is 2.14. The van der Waals surface area contributed by atoms with Crippen LogP contribution in [0.3, 0.4) is 0 Å². The Morgan fingerprint density at radius 1 is 1.69 bits per heavy atom. The molecule has 16 heavy (non-hydrogen) atoms. The van der Waals surface area contributed by atoms with Crippen LogP contribution in [0.1, 0.15) is 11.3 Å². The highest BCUT2D eigenvalue weighted by molar-refractivity contribution is 7.98. The van der Waals surface area contributed by atoms with Crippen molar-refractivity contribution in [3.8, 4) is 0 Å². The molecular weight excluding hydrogens is 240 g/mol. The molecule has 1 amide bonds. The number of rotatable bonds is 7. The maximum Gasteiger partial charge on any atom is 0.236 e. The molecule has 0 saturated heterocycles. The van der Waals surface area contributed by atoms with E-state index in [0.717, 1.165) is 18.6 Å². The Labute approximate surface area is 105 Å². The lowest BCUT2D eigenvalue weighted by molar-refractivity contribution is -0.122. The van der Waals surface area contributed by atoms with Crippen molar-refractivity contribution in [2.75, 3.05) is 18.6 Å². The lowest BCUT2D eigenvalue weighted by Gasteiger charge is -2.10. The van der Waals surface area contributed by atoms with Crippen LogP contribution >= 0.6 is 23.1 Å². The Kier molecular flexibility index (Phi) is 6.52. The predicted molar refractivity (Wildman–Crippen MR) is 72.0 cm³/mol. The second-order valence-corrected chi connectivity index (χ2v) is 5.53. The van der Waals surface area contributed by atoms with Crippen molar-refractivity contribution >= 4 is 29.0 Å². The van der Waals surface area contributed by atoms with E-state index in [1.54, 1.807) is 23.1 Å². The van der Waals surface area contributed by atoms with Gasteiger partial charge in [0.05, 0.1) is 6.04 Å². The first-order chi connectivity index (χ1) is 7.74. The van der Waals surface area contributed by atoms with Gasteiger partial charge in [0, 0.05) is 11.4 Å². The summed E-state index contributed by atoms with van der Waals surface area (Å²) in [6.45, 7) is 0.673. The summed E-state index contributed by atoms with van der Waals surface area (Å²) in [5.41, 5.74) is 5.74. The average Bonchev–Trinajstić information content (AvgIpc) is 2.78. The zero-order chi connectivity index (χ0) is 11.8. The van der Waals surface area contributed by atoms with E-state index >= 15 is 0 Å². The van der Waals surface area contributed by atoms with Crippen molar-refractivity contribution in [1.29, 1.82) is 0 Å². The zero-order valence-corrected chi connectivity index (χ0v) is 11.1. The Morgan fingerprint density at radius 3 is 3.12 bits per heavy atom. The van der Waals surface area contributed by atoms with Crippen molar-refractivity contribution in [2.45, 2.75) is 18.9 Å². The quantitative estimate of drug-likeness (QED) is 0.779. The molecule has 1 heterocycles. The van der Waals surface area contributed by atoms with Crippen LogP contribution in [0.25, 0.3) is 0 Å². The normalized spacial score (nSPS) is 12.4. The number of thiophene rings is 1. The van der Waals surface area contributed by atoms with E-state index < -0.39 is 0 Å². The van der Waals surface area contributed by atoms with Crippen LogP contribution in [0.15, 0.2) is 17.5 Å². The van der Waals surface area contributed by atoms with Gasteiger partial charge in [-0.2, -0.15) is 11.8 Å². The molecule has 0 aliphatic rings. The number of carbonyl (C=O) groups excluding carboxylic acids is 1. The van der Waals surface area contributed by atoms with E-state index in [-0.39, 0.29) is 11.9 Å². The number of hydrogen-bond donors (Lipinski definition) is 2. The first-order valence-corrected chi connectivity index (χ1v) is 7.56. The molecule has 0 aliphatic carbocycles. The highest BCUT2D eigenvalue weighted by atomic mass is 32.2. The summed E-state index contributed by atoms with van der Waals surface area (Å²) < 4.78 is 0. The van der Waals surface area contributed by atoms with Gasteiger partial charge in [0.2, 0.25) is 5.91 Å². The topological polar surface area (TPSA) is 55.1 Å². The molecule has 1 aromatic rings. The maximum absolute atomic E-state index is 11.5. The van der Waals surface area contributed by atoms with E-state index in [9.17, 15) is 4.79 Å². The fourth-order valence-corrected chi connectivity index (χ4v) is 2.47. The first-order valence-electron chi connectivity index (χ1n) is 5.28. The number of amides is 1. The summed E-state index contributed by atoms with van der Waals surface area (Å²) in [6, 6.07) is 3.73. The number of nitrogens with one attached hydrogen (secondary N) is 1. The van der Waals surface area contributed by atoms with Gasteiger partial charge < -0.3 is 11.1 Å². The number of carbonyl (C=O) groups is 1. The van der Waals surface area contributed by atoms with Crippen molar-refractivity contribution in [1.82, 2.24) is 5.32 Å². The van der Waals surface area contributed by atoms with Gasteiger partial charge in [-0.25, -0.2) is 0 Å². The van der Waals surface area contributed by atoms with Gasteiger partial charge in [-0.05, 0) is 36.3 Å². The third kappa shape index (κ3) is 5.01. The third-order valence-corrected chi connectivity index (χ3v) is 3.80. The van der Waals surface area contributed by atoms with Gasteiger partial charge in [0.15, 0.2) is 0 Å².